The highest BCUT2D eigenvalue weighted by molar-refractivity contribution is 8.00. The highest BCUT2D eigenvalue weighted by Crippen LogP contribution is 2.54. The number of hydrogen-bond acceptors (Lipinski definition) is 6. The molecule has 3 atom stereocenters. The number of aryl methyl sites for hydroxylation is 1. The first-order valence-corrected chi connectivity index (χ1v) is 15.5. The zero-order chi connectivity index (χ0) is 29.8. The number of para-hydroxylation sites is 1. The molecule has 2 unspecified atom stereocenters. The molecular weight excluding hydrogens is 567 g/mol. The van der Waals surface area contributed by atoms with E-state index >= 15 is 0 Å². The summed E-state index contributed by atoms with van der Waals surface area (Å²) in [6, 6.07) is 24.5. The van der Waals surface area contributed by atoms with Gasteiger partial charge in [-0.1, -0.05) is 104 Å². The van der Waals surface area contributed by atoms with Gasteiger partial charge in [0.05, 0.1) is 16.6 Å². The third kappa shape index (κ3) is 5.01. The summed E-state index contributed by atoms with van der Waals surface area (Å²) in [5.74, 6) is -2.09. The smallest absolute Gasteiger partial charge is 0.308 e. The number of imide groups is 1. The quantitative estimate of drug-likeness (QED) is 0.287. The number of fused-ring (bicyclic) bond motifs is 2. The maximum Gasteiger partial charge on any atom is 0.308 e. The van der Waals surface area contributed by atoms with Gasteiger partial charge in [-0.25, -0.2) is 4.90 Å². The molecule has 1 saturated heterocycles. The minimum Gasteiger partial charge on any atom is -0.325 e. The van der Waals surface area contributed by atoms with Crippen LogP contribution in [0.15, 0.2) is 88.7 Å². The predicted octanol–water partition coefficient (Wildman–Crippen LogP) is 5.95. The topological polar surface area (TPSA) is 88.5 Å². The van der Waals surface area contributed by atoms with Crippen LogP contribution >= 0.6 is 23.1 Å². The Hall–Kier alpha value is -3.95. The zero-order valence-corrected chi connectivity index (χ0v) is 25.4. The Bertz CT molecular complexity index is 1740. The molecule has 3 aromatic carbocycles. The Morgan fingerprint density at radius 3 is 2.19 bits per heavy atom. The highest BCUT2D eigenvalue weighted by atomic mass is 32.2. The molecule has 0 aliphatic carbocycles. The van der Waals surface area contributed by atoms with Gasteiger partial charge in [-0.3, -0.25) is 23.7 Å². The van der Waals surface area contributed by atoms with Crippen molar-refractivity contribution in [2.24, 2.45) is 5.92 Å². The minimum absolute atomic E-state index is 0.0592. The number of anilines is 2. The molecule has 214 valence electrons. The van der Waals surface area contributed by atoms with Crippen LogP contribution in [0.4, 0.5) is 11.4 Å². The Labute approximate surface area is 252 Å². The van der Waals surface area contributed by atoms with Crippen LogP contribution < -0.4 is 15.1 Å². The number of nitrogens with zero attached hydrogens (tertiary/aromatic N) is 2. The van der Waals surface area contributed by atoms with Crippen LogP contribution in [-0.4, -0.2) is 27.5 Å². The van der Waals surface area contributed by atoms with Gasteiger partial charge in [-0.05, 0) is 47.7 Å². The first kappa shape index (κ1) is 28.2. The fraction of sp³-hybridized carbons (Fsp3) is 0.273. The Morgan fingerprint density at radius 2 is 1.55 bits per heavy atom. The maximum atomic E-state index is 14.1. The van der Waals surface area contributed by atoms with E-state index in [0.717, 1.165) is 28.0 Å². The van der Waals surface area contributed by atoms with E-state index < -0.39 is 17.1 Å². The number of hydrogen-bond donors (Lipinski definition) is 1. The van der Waals surface area contributed by atoms with E-state index in [1.807, 2.05) is 49.4 Å². The van der Waals surface area contributed by atoms with Gasteiger partial charge < -0.3 is 5.32 Å². The Kier molecular flexibility index (Phi) is 7.19. The molecule has 2 aliphatic rings. The number of nitrogens with one attached hydrogen (secondary N) is 1. The number of benzene rings is 3. The average Bonchev–Trinajstić information content (AvgIpc) is 3.40. The zero-order valence-electron chi connectivity index (χ0n) is 23.8. The molecule has 6 rings (SSSR count). The molecule has 0 spiro atoms. The van der Waals surface area contributed by atoms with Crippen molar-refractivity contribution in [3.05, 3.63) is 110 Å². The number of thiazole rings is 1. The van der Waals surface area contributed by atoms with Crippen LogP contribution in [0.3, 0.4) is 0 Å². The normalized spacial score (nSPS) is 19.9. The standard InChI is InChI=1S/C33H31N3O4S2/c1-19-10-16-23(17-11-19)36-29(38)26-25(20-12-14-21(15-13-20)33(2,3)4)28-31(41-27(26)30(36)39)35(32(40)42-28)18-24(37)34-22-8-6-5-7-9-22/h5-17,25-27H,18H2,1-4H3,(H,34,37)/t25-,26?,27?/m0/s1. The van der Waals surface area contributed by atoms with Crippen molar-refractivity contribution < 1.29 is 14.4 Å². The van der Waals surface area contributed by atoms with Gasteiger partial charge >= 0.3 is 4.87 Å². The molecule has 0 bridgehead atoms. The third-order valence-corrected chi connectivity index (χ3v) is 10.4. The van der Waals surface area contributed by atoms with E-state index in [9.17, 15) is 19.2 Å². The van der Waals surface area contributed by atoms with Crippen molar-refractivity contribution in [2.45, 2.75) is 55.8 Å². The lowest BCUT2D eigenvalue weighted by Gasteiger charge is -2.31. The summed E-state index contributed by atoms with van der Waals surface area (Å²) in [5, 5.41) is 2.69. The largest absolute Gasteiger partial charge is 0.325 e. The molecule has 3 amide bonds. The molecule has 2 aliphatic heterocycles. The van der Waals surface area contributed by atoms with Crippen molar-refractivity contribution >= 4 is 52.2 Å². The lowest BCUT2D eigenvalue weighted by molar-refractivity contribution is -0.122. The monoisotopic (exact) mass is 597 g/mol. The van der Waals surface area contributed by atoms with E-state index in [1.165, 1.54) is 21.2 Å². The van der Waals surface area contributed by atoms with Crippen LogP contribution in [0.1, 0.15) is 48.3 Å². The molecule has 42 heavy (non-hydrogen) atoms. The van der Waals surface area contributed by atoms with Crippen molar-refractivity contribution in [3.8, 4) is 0 Å². The second kappa shape index (κ2) is 10.7. The van der Waals surface area contributed by atoms with Crippen LogP contribution in [0.25, 0.3) is 0 Å². The van der Waals surface area contributed by atoms with Crippen molar-refractivity contribution in [3.63, 3.8) is 0 Å². The first-order valence-electron chi connectivity index (χ1n) is 13.8. The molecule has 7 nitrogen and oxygen atoms in total. The number of rotatable bonds is 5. The van der Waals surface area contributed by atoms with Crippen molar-refractivity contribution in [1.29, 1.82) is 0 Å². The molecule has 0 radical (unpaired) electrons. The van der Waals surface area contributed by atoms with E-state index in [0.29, 0.717) is 21.3 Å². The van der Waals surface area contributed by atoms with Gasteiger partial charge in [-0.2, -0.15) is 0 Å². The molecule has 1 N–H and O–H groups in total. The van der Waals surface area contributed by atoms with E-state index in [-0.39, 0.29) is 34.6 Å². The number of carbonyl (C=O) groups excluding carboxylic acids is 3. The van der Waals surface area contributed by atoms with Crippen LogP contribution in [0, 0.1) is 12.8 Å². The lowest BCUT2D eigenvalue weighted by Crippen LogP contribution is -2.33. The summed E-state index contributed by atoms with van der Waals surface area (Å²) >= 11 is 2.28. The number of carbonyl (C=O) groups is 3. The van der Waals surface area contributed by atoms with Crippen LogP contribution in [0.5, 0.6) is 0 Å². The fourth-order valence-electron chi connectivity index (χ4n) is 5.62. The molecule has 9 heteroatoms. The highest BCUT2D eigenvalue weighted by Gasteiger charge is 2.56. The molecular formula is C33H31N3O4S2. The lowest BCUT2D eigenvalue weighted by atomic mass is 9.81. The van der Waals surface area contributed by atoms with Crippen molar-refractivity contribution in [2.75, 3.05) is 10.2 Å². The third-order valence-electron chi connectivity index (χ3n) is 7.84. The summed E-state index contributed by atoms with van der Waals surface area (Å²) in [6.45, 7) is 8.17. The summed E-state index contributed by atoms with van der Waals surface area (Å²) in [4.78, 5) is 56.1. The summed E-state index contributed by atoms with van der Waals surface area (Å²) in [7, 11) is 0. The summed E-state index contributed by atoms with van der Waals surface area (Å²) in [5.41, 5.74) is 4.16. The predicted molar refractivity (Wildman–Crippen MR) is 167 cm³/mol. The van der Waals surface area contributed by atoms with Gasteiger partial charge in [0.2, 0.25) is 17.7 Å². The number of amides is 3. The molecule has 1 aromatic heterocycles. The minimum atomic E-state index is -0.726. The van der Waals surface area contributed by atoms with Gasteiger partial charge in [0.15, 0.2) is 0 Å². The fourth-order valence-corrected chi connectivity index (χ4v) is 8.39. The molecule has 3 heterocycles. The average molecular weight is 598 g/mol. The second-order valence-corrected chi connectivity index (χ2v) is 13.9. The van der Waals surface area contributed by atoms with E-state index in [4.69, 9.17) is 0 Å². The van der Waals surface area contributed by atoms with Gasteiger partial charge in [-0.15, -0.1) is 0 Å². The SMILES string of the molecule is Cc1ccc(N2C(=O)C3Sc4c(sc(=O)n4CC(=O)Nc4ccccc4)[C@@H](c4ccc(C(C)(C)C)cc4)C3C2=O)cc1. The van der Waals surface area contributed by atoms with Crippen LogP contribution in [0.2, 0.25) is 0 Å². The Morgan fingerprint density at radius 1 is 0.881 bits per heavy atom. The summed E-state index contributed by atoms with van der Waals surface area (Å²) in [6.07, 6.45) is 0. The van der Waals surface area contributed by atoms with Gasteiger partial charge in [0.25, 0.3) is 0 Å². The van der Waals surface area contributed by atoms with Gasteiger partial charge in [0.1, 0.15) is 11.8 Å². The van der Waals surface area contributed by atoms with E-state index in [2.05, 4.69) is 38.2 Å². The Balaban J connectivity index is 1.43. The summed E-state index contributed by atoms with van der Waals surface area (Å²) < 4.78 is 1.45. The number of thioether (sulfide) groups is 1. The number of aromatic nitrogens is 1. The first-order chi connectivity index (χ1) is 20.0. The van der Waals surface area contributed by atoms with Crippen molar-refractivity contribution in [1.82, 2.24) is 4.57 Å². The molecule has 4 aromatic rings. The molecule has 1 fully saturated rings. The van der Waals surface area contributed by atoms with Crippen LogP contribution in [-0.2, 0) is 26.3 Å². The maximum absolute atomic E-state index is 14.1. The molecule has 0 saturated carbocycles. The van der Waals surface area contributed by atoms with E-state index in [1.54, 1.807) is 24.3 Å². The van der Waals surface area contributed by atoms with Gasteiger partial charge in [0, 0.05) is 16.5 Å². The second-order valence-electron chi connectivity index (χ2n) is 11.8.